The third-order valence-electron chi connectivity index (χ3n) is 4.00. The van der Waals surface area contributed by atoms with E-state index >= 15 is 0 Å². The van der Waals surface area contributed by atoms with Gasteiger partial charge >= 0.3 is 0 Å². The van der Waals surface area contributed by atoms with Crippen molar-refractivity contribution in [3.63, 3.8) is 0 Å². The maximum atomic E-state index is 12.6. The smallest absolute Gasteiger partial charge is 0.247 e. The van der Waals surface area contributed by atoms with Gasteiger partial charge in [-0.25, -0.2) is 0 Å². The van der Waals surface area contributed by atoms with Crippen LogP contribution >= 0.6 is 23.2 Å². The third-order valence-corrected chi connectivity index (χ3v) is 4.65. The van der Waals surface area contributed by atoms with Crippen molar-refractivity contribution >= 4 is 45.7 Å². The van der Waals surface area contributed by atoms with Crippen molar-refractivity contribution < 1.29 is 4.79 Å². The van der Waals surface area contributed by atoms with Crippen molar-refractivity contribution in [3.8, 4) is 0 Å². The number of nitrogens with zero attached hydrogens (tertiary/aromatic N) is 1. The number of hydrogen-bond donors (Lipinski definition) is 1. The molecule has 0 saturated carbocycles. The van der Waals surface area contributed by atoms with Gasteiger partial charge in [-0.3, -0.25) is 4.79 Å². The Balaban J connectivity index is 1.88. The van der Waals surface area contributed by atoms with E-state index in [0.717, 1.165) is 22.2 Å². The van der Waals surface area contributed by atoms with Crippen LogP contribution in [0.5, 0.6) is 0 Å². The molecule has 3 aromatic rings. The summed E-state index contributed by atoms with van der Waals surface area (Å²) >= 11 is 12.1. The van der Waals surface area contributed by atoms with Gasteiger partial charge in [0.2, 0.25) is 5.91 Å². The standard InChI is InChI=1S/C18H16Cl2N2O/c1-11-15(20)4-3-5-16(11)21-18(23)12(2)22-9-8-13-10-14(19)6-7-17(13)22/h3-10,12H,1-2H3,(H,21,23). The minimum absolute atomic E-state index is 0.0946. The molecule has 1 aromatic heterocycles. The number of carbonyl (C=O) groups is 1. The maximum Gasteiger partial charge on any atom is 0.247 e. The molecule has 3 rings (SSSR count). The summed E-state index contributed by atoms with van der Waals surface area (Å²) in [6, 6.07) is 12.7. The summed E-state index contributed by atoms with van der Waals surface area (Å²) in [5, 5.41) is 5.27. The number of benzene rings is 2. The summed E-state index contributed by atoms with van der Waals surface area (Å²) in [7, 11) is 0. The van der Waals surface area contributed by atoms with Crippen LogP contribution in [0.2, 0.25) is 10.0 Å². The molecule has 5 heteroatoms. The van der Waals surface area contributed by atoms with Crippen LogP contribution in [0, 0.1) is 6.92 Å². The Bertz CT molecular complexity index is 886. The van der Waals surface area contributed by atoms with Gasteiger partial charge in [0.15, 0.2) is 0 Å². The van der Waals surface area contributed by atoms with Gasteiger partial charge in [-0.1, -0.05) is 29.3 Å². The van der Waals surface area contributed by atoms with Gasteiger partial charge in [-0.05, 0) is 55.8 Å². The molecule has 0 fully saturated rings. The van der Waals surface area contributed by atoms with E-state index in [9.17, 15) is 4.79 Å². The average Bonchev–Trinajstić information content (AvgIpc) is 2.93. The van der Waals surface area contributed by atoms with Crippen molar-refractivity contribution in [1.82, 2.24) is 4.57 Å². The minimum Gasteiger partial charge on any atom is -0.335 e. The molecule has 23 heavy (non-hydrogen) atoms. The lowest BCUT2D eigenvalue weighted by atomic mass is 10.2. The van der Waals surface area contributed by atoms with E-state index < -0.39 is 0 Å². The average molecular weight is 347 g/mol. The summed E-state index contributed by atoms with van der Waals surface area (Å²) in [6.07, 6.45) is 1.90. The normalized spacial score (nSPS) is 12.3. The summed E-state index contributed by atoms with van der Waals surface area (Å²) in [6.45, 7) is 3.75. The molecule has 0 radical (unpaired) electrons. The van der Waals surface area contributed by atoms with E-state index in [4.69, 9.17) is 23.2 Å². The predicted molar refractivity (Wildman–Crippen MR) is 96.5 cm³/mol. The molecule has 0 aliphatic rings. The van der Waals surface area contributed by atoms with E-state index in [2.05, 4.69) is 5.32 Å². The van der Waals surface area contributed by atoms with E-state index in [-0.39, 0.29) is 11.9 Å². The highest BCUT2D eigenvalue weighted by Crippen LogP contribution is 2.26. The number of carbonyl (C=O) groups excluding carboxylic acids is 1. The van der Waals surface area contributed by atoms with Crippen LogP contribution in [0.3, 0.4) is 0 Å². The van der Waals surface area contributed by atoms with Crippen LogP contribution in [-0.4, -0.2) is 10.5 Å². The van der Waals surface area contributed by atoms with Gasteiger partial charge in [-0.2, -0.15) is 0 Å². The van der Waals surface area contributed by atoms with Crippen molar-refractivity contribution in [1.29, 1.82) is 0 Å². The Morgan fingerprint density at radius 1 is 1.17 bits per heavy atom. The lowest BCUT2D eigenvalue weighted by Crippen LogP contribution is -2.23. The highest BCUT2D eigenvalue weighted by Gasteiger charge is 2.17. The molecule has 0 spiro atoms. The molecule has 1 unspecified atom stereocenters. The first kappa shape index (κ1) is 15.9. The molecule has 0 aliphatic heterocycles. The second-order valence-electron chi connectivity index (χ2n) is 5.50. The van der Waals surface area contributed by atoms with Crippen LogP contribution in [0.1, 0.15) is 18.5 Å². The molecule has 2 aromatic carbocycles. The Morgan fingerprint density at radius 2 is 1.96 bits per heavy atom. The van der Waals surface area contributed by atoms with Crippen LogP contribution in [-0.2, 0) is 4.79 Å². The zero-order chi connectivity index (χ0) is 16.6. The summed E-state index contributed by atoms with van der Waals surface area (Å²) in [5.74, 6) is -0.0946. The van der Waals surface area contributed by atoms with E-state index in [0.29, 0.717) is 10.0 Å². The van der Waals surface area contributed by atoms with E-state index in [1.807, 2.05) is 61.0 Å². The Morgan fingerprint density at radius 3 is 2.74 bits per heavy atom. The number of hydrogen-bond acceptors (Lipinski definition) is 1. The molecule has 0 aliphatic carbocycles. The second-order valence-corrected chi connectivity index (χ2v) is 6.35. The number of aromatic nitrogens is 1. The Hall–Kier alpha value is -1.97. The molecule has 118 valence electrons. The van der Waals surface area contributed by atoms with Gasteiger partial charge in [0, 0.05) is 32.8 Å². The molecule has 0 saturated heterocycles. The largest absolute Gasteiger partial charge is 0.335 e. The number of anilines is 1. The van der Waals surface area contributed by atoms with Crippen LogP contribution < -0.4 is 5.32 Å². The zero-order valence-electron chi connectivity index (χ0n) is 12.8. The van der Waals surface area contributed by atoms with Crippen LogP contribution in [0.4, 0.5) is 5.69 Å². The fraction of sp³-hybridized carbons (Fsp3) is 0.167. The van der Waals surface area contributed by atoms with Crippen molar-refractivity contribution in [2.24, 2.45) is 0 Å². The van der Waals surface area contributed by atoms with E-state index in [1.165, 1.54) is 0 Å². The maximum absolute atomic E-state index is 12.6. The number of nitrogens with one attached hydrogen (secondary N) is 1. The number of rotatable bonds is 3. The predicted octanol–water partition coefficient (Wildman–Crippen LogP) is 5.46. The Kier molecular flexibility index (Phi) is 4.33. The lowest BCUT2D eigenvalue weighted by molar-refractivity contribution is -0.118. The van der Waals surface area contributed by atoms with E-state index in [1.54, 1.807) is 6.07 Å². The second kappa shape index (κ2) is 6.26. The molecule has 1 heterocycles. The molecule has 1 atom stereocenters. The first-order valence-electron chi connectivity index (χ1n) is 7.29. The topological polar surface area (TPSA) is 34.0 Å². The lowest BCUT2D eigenvalue weighted by Gasteiger charge is -2.17. The number of fused-ring (bicyclic) bond motifs is 1. The first-order chi connectivity index (χ1) is 11.0. The molecule has 1 amide bonds. The van der Waals surface area contributed by atoms with Crippen molar-refractivity contribution in [3.05, 3.63) is 64.3 Å². The van der Waals surface area contributed by atoms with Gasteiger partial charge in [0.1, 0.15) is 6.04 Å². The highest BCUT2D eigenvalue weighted by molar-refractivity contribution is 6.32. The van der Waals surface area contributed by atoms with Gasteiger partial charge in [0.05, 0.1) is 0 Å². The molecule has 3 nitrogen and oxygen atoms in total. The molecule has 0 bridgehead atoms. The third kappa shape index (κ3) is 3.07. The van der Waals surface area contributed by atoms with Gasteiger partial charge in [0.25, 0.3) is 0 Å². The zero-order valence-corrected chi connectivity index (χ0v) is 14.3. The van der Waals surface area contributed by atoms with Crippen LogP contribution in [0.15, 0.2) is 48.7 Å². The quantitative estimate of drug-likeness (QED) is 0.671. The number of halogens is 2. The fourth-order valence-corrected chi connectivity index (χ4v) is 2.93. The monoisotopic (exact) mass is 346 g/mol. The summed E-state index contributed by atoms with van der Waals surface area (Å²) < 4.78 is 1.93. The summed E-state index contributed by atoms with van der Waals surface area (Å²) in [5.41, 5.74) is 2.56. The Labute approximate surface area is 144 Å². The first-order valence-corrected chi connectivity index (χ1v) is 8.05. The SMILES string of the molecule is Cc1c(Cl)cccc1NC(=O)C(C)n1ccc2cc(Cl)ccc21. The summed E-state index contributed by atoms with van der Waals surface area (Å²) in [4.78, 5) is 12.6. The minimum atomic E-state index is -0.355. The molecular weight excluding hydrogens is 331 g/mol. The van der Waals surface area contributed by atoms with Crippen molar-refractivity contribution in [2.45, 2.75) is 19.9 Å². The van der Waals surface area contributed by atoms with Crippen molar-refractivity contribution in [2.75, 3.05) is 5.32 Å². The van der Waals surface area contributed by atoms with Gasteiger partial charge < -0.3 is 9.88 Å². The fourth-order valence-electron chi connectivity index (χ4n) is 2.58. The van der Waals surface area contributed by atoms with Gasteiger partial charge in [-0.15, -0.1) is 0 Å². The number of amides is 1. The van der Waals surface area contributed by atoms with Crippen LogP contribution in [0.25, 0.3) is 10.9 Å². The molecule has 1 N–H and O–H groups in total. The molecular formula is C18H16Cl2N2O. The highest BCUT2D eigenvalue weighted by atomic mass is 35.5.